The molecule has 1 N–H and O–H groups in total. The van der Waals surface area contributed by atoms with Crippen molar-refractivity contribution in [3.8, 4) is 11.4 Å². The van der Waals surface area contributed by atoms with Gasteiger partial charge in [-0.25, -0.2) is 0 Å². The largest absolute Gasteiger partial charge is 0.354 e. The Hall–Kier alpha value is -1.69. The lowest BCUT2D eigenvalue weighted by Gasteiger charge is -2.13. The summed E-state index contributed by atoms with van der Waals surface area (Å²) in [6, 6.07) is 7.94. The fourth-order valence-electron chi connectivity index (χ4n) is 1.64. The normalized spacial score (nSPS) is 10.4. The van der Waals surface area contributed by atoms with Crippen LogP contribution in [0.1, 0.15) is 13.3 Å². The highest BCUT2D eigenvalue weighted by Gasteiger charge is 2.09. The molecule has 0 unspecified atom stereocenters. The van der Waals surface area contributed by atoms with Crippen LogP contribution in [0.5, 0.6) is 0 Å². The maximum atomic E-state index is 4.50. The summed E-state index contributed by atoms with van der Waals surface area (Å²) >= 11 is 3.47. The van der Waals surface area contributed by atoms with Gasteiger partial charge in [0.15, 0.2) is 5.82 Å². The molecule has 0 bridgehead atoms. The van der Waals surface area contributed by atoms with Gasteiger partial charge in [-0.3, -0.25) is 0 Å². The van der Waals surface area contributed by atoms with Crippen LogP contribution < -0.4 is 10.2 Å². The number of nitrogens with one attached hydrogen (secondary N) is 1. The average Bonchev–Trinajstić information content (AvgIpc) is 2.44. The van der Waals surface area contributed by atoms with E-state index in [2.05, 4.69) is 43.1 Å². The van der Waals surface area contributed by atoms with E-state index in [0.29, 0.717) is 17.7 Å². The molecule has 1 aromatic carbocycles. The summed E-state index contributed by atoms with van der Waals surface area (Å²) in [4.78, 5) is 15.3. The minimum Gasteiger partial charge on any atom is -0.354 e. The Labute approximate surface area is 127 Å². The molecule has 0 saturated heterocycles. The Bertz CT molecular complexity index is 586. The van der Waals surface area contributed by atoms with Crippen LogP contribution in [0.2, 0.25) is 0 Å². The van der Waals surface area contributed by atoms with Gasteiger partial charge in [-0.15, -0.1) is 0 Å². The summed E-state index contributed by atoms with van der Waals surface area (Å²) in [5.41, 5.74) is 0.962. The molecule has 0 atom stereocenters. The van der Waals surface area contributed by atoms with Gasteiger partial charge < -0.3 is 10.2 Å². The second kappa shape index (κ2) is 6.65. The van der Waals surface area contributed by atoms with E-state index in [1.54, 1.807) is 0 Å². The van der Waals surface area contributed by atoms with Crippen molar-refractivity contribution in [2.24, 2.45) is 0 Å². The van der Waals surface area contributed by atoms with Gasteiger partial charge in [-0.1, -0.05) is 35.0 Å². The predicted octanol–water partition coefficient (Wildman–Crippen LogP) is 3.19. The lowest BCUT2D eigenvalue weighted by Crippen LogP contribution is -2.16. The molecule has 0 saturated carbocycles. The minimum absolute atomic E-state index is 0.612. The van der Waals surface area contributed by atoms with Crippen LogP contribution in [-0.2, 0) is 0 Å². The Balaban J connectivity index is 2.43. The van der Waals surface area contributed by atoms with E-state index in [-0.39, 0.29) is 0 Å². The summed E-state index contributed by atoms with van der Waals surface area (Å²) in [6.45, 7) is 2.95. The van der Waals surface area contributed by atoms with Crippen molar-refractivity contribution in [3.05, 3.63) is 28.7 Å². The first-order valence-electron chi connectivity index (χ1n) is 6.53. The van der Waals surface area contributed by atoms with Crippen molar-refractivity contribution in [2.45, 2.75) is 13.3 Å². The van der Waals surface area contributed by atoms with E-state index < -0.39 is 0 Å². The lowest BCUT2D eigenvalue weighted by atomic mass is 10.2. The molecule has 106 valence electrons. The van der Waals surface area contributed by atoms with E-state index in [0.717, 1.165) is 23.0 Å². The molecule has 0 fully saturated rings. The van der Waals surface area contributed by atoms with Gasteiger partial charge in [0.05, 0.1) is 0 Å². The standard InChI is InChI=1S/C14H18BrN5/c1-4-8-16-13-17-12(18-14(19-13)20(2)3)10-6-5-7-11(15)9-10/h5-7,9H,4,8H2,1-3H3,(H,16,17,18,19). The SMILES string of the molecule is CCCNc1nc(-c2cccc(Br)c2)nc(N(C)C)n1. The molecule has 6 heteroatoms. The van der Waals surface area contributed by atoms with Crippen molar-refractivity contribution < 1.29 is 0 Å². The molecule has 0 aliphatic heterocycles. The van der Waals surface area contributed by atoms with Gasteiger partial charge in [-0.05, 0) is 18.6 Å². The molecule has 1 heterocycles. The minimum atomic E-state index is 0.612. The van der Waals surface area contributed by atoms with E-state index in [9.17, 15) is 0 Å². The first kappa shape index (κ1) is 14.7. The fraction of sp³-hybridized carbons (Fsp3) is 0.357. The van der Waals surface area contributed by atoms with Crippen molar-refractivity contribution >= 4 is 27.8 Å². The van der Waals surface area contributed by atoms with Crippen LogP contribution in [0.25, 0.3) is 11.4 Å². The number of hydrogen-bond donors (Lipinski definition) is 1. The smallest absolute Gasteiger partial charge is 0.230 e. The highest BCUT2D eigenvalue weighted by atomic mass is 79.9. The molecule has 0 aliphatic carbocycles. The Morgan fingerprint density at radius 2 is 2.00 bits per heavy atom. The van der Waals surface area contributed by atoms with E-state index in [4.69, 9.17) is 0 Å². The second-order valence-corrected chi connectivity index (χ2v) is 5.53. The molecule has 0 amide bonds. The molecule has 1 aromatic heterocycles. The molecule has 0 spiro atoms. The molecular weight excluding hydrogens is 318 g/mol. The van der Waals surface area contributed by atoms with Crippen molar-refractivity contribution in [1.29, 1.82) is 0 Å². The summed E-state index contributed by atoms with van der Waals surface area (Å²) in [5, 5.41) is 3.21. The second-order valence-electron chi connectivity index (χ2n) is 4.61. The zero-order valence-corrected chi connectivity index (χ0v) is 13.5. The zero-order valence-electron chi connectivity index (χ0n) is 11.9. The number of anilines is 2. The molecule has 20 heavy (non-hydrogen) atoms. The average molecular weight is 336 g/mol. The maximum absolute atomic E-state index is 4.50. The number of rotatable bonds is 5. The third-order valence-electron chi connectivity index (χ3n) is 2.64. The summed E-state index contributed by atoms with van der Waals surface area (Å²) in [5.74, 6) is 1.93. The van der Waals surface area contributed by atoms with Gasteiger partial charge >= 0.3 is 0 Å². The Morgan fingerprint density at radius 3 is 2.65 bits per heavy atom. The molecule has 2 aromatic rings. The van der Waals surface area contributed by atoms with Gasteiger partial charge in [-0.2, -0.15) is 15.0 Å². The summed E-state index contributed by atoms with van der Waals surface area (Å²) < 4.78 is 1.00. The van der Waals surface area contributed by atoms with Crippen LogP contribution >= 0.6 is 15.9 Å². The number of aromatic nitrogens is 3. The van der Waals surface area contributed by atoms with E-state index in [1.807, 2.05) is 43.3 Å². The lowest BCUT2D eigenvalue weighted by molar-refractivity contribution is 0.920. The number of hydrogen-bond acceptors (Lipinski definition) is 5. The van der Waals surface area contributed by atoms with E-state index in [1.165, 1.54) is 0 Å². The van der Waals surface area contributed by atoms with Gasteiger partial charge in [0.1, 0.15) is 0 Å². The number of halogens is 1. The van der Waals surface area contributed by atoms with Gasteiger partial charge in [0, 0.05) is 30.7 Å². The predicted molar refractivity (Wildman–Crippen MR) is 86.1 cm³/mol. The number of benzene rings is 1. The van der Waals surface area contributed by atoms with Crippen molar-refractivity contribution in [1.82, 2.24) is 15.0 Å². The highest BCUT2D eigenvalue weighted by Crippen LogP contribution is 2.22. The van der Waals surface area contributed by atoms with Gasteiger partial charge in [0.25, 0.3) is 0 Å². The van der Waals surface area contributed by atoms with Crippen LogP contribution in [0.3, 0.4) is 0 Å². The maximum Gasteiger partial charge on any atom is 0.230 e. The monoisotopic (exact) mass is 335 g/mol. The van der Waals surface area contributed by atoms with Crippen LogP contribution in [-0.4, -0.2) is 35.6 Å². The van der Waals surface area contributed by atoms with Crippen molar-refractivity contribution in [2.75, 3.05) is 30.9 Å². The van der Waals surface area contributed by atoms with Crippen LogP contribution in [0.15, 0.2) is 28.7 Å². The quantitative estimate of drug-likeness (QED) is 0.909. The third-order valence-corrected chi connectivity index (χ3v) is 3.13. The van der Waals surface area contributed by atoms with E-state index >= 15 is 0 Å². The van der Waals surface area contributed by atoms with Crippen molar-refractivity contribution in [3.63, 3.8) is 0 Å². The Morgan fingerprint density at radius 1 is 1.20 bits per heavy atom. The summed E-state index contributed by atoms with van der Waals surface area (Å²) in [7, 11) is 3.84. The fourth-order valence-corrected chi connectivity index (χ4v) is 2.04. The third kappa shape index (κ3) is 3.66. The topological polar surface area (TPSA) is 53.9 Å². The molecular formula is C14H18BrN5. The van der Waals surface area contributed by atoms with Crippen LogP contribution in [0.4, 0.5) is 11.9 Å². The first-order valence-corrected chi connectivity index (χ1v) is 7.32. The molecule has 0 radical (unpaired) electrons. The first-order chi connectivity index (χ1) is 9.60. The molecule has 0 aliphatic rings. The Kier molecular flexibility index (Phi) is 4.89. The molecule has 2 rings (SSSR count). The highest BCUT2D eigenvalue weighted by molar-refractivity contribution is 9.10. The number of nitrogens with zero attached hydrogens (tertiary/aromatic N) is 4. The molecule has 5 nitrogen and oxygen atoms in total. The summed E-state index contributed by atoms with van der Waals surface area (Å²) in [6.07, 6.45) is 1.02. The zero-order chi connectivity index (χ0) is 14.5. The van der Waals surface area contributed by atoms with Crippen LogP contribution in [0, 0.1) is 0 Å². The van der Waals surface area contributed by atoms with Gasteiger partial charge in [0.2, 0.25) is 11.9 Å².